The molecule has 0 amide bonds. The highest BCUT2D eigenvalue weighted by atomic mass is 32.1. The fraction of sp³-hybridized carbons (Fsp3) is 0.0811. The van der Waals surface area contributed by atoms with E-state index in [1.165, 1.54) is 48.0 Å². The van der Waals surface area contributed by atoms with E-state index in [1.54, 1.807) is 0 Å². The maximum absolute atomic E-state index is 3.91. The summed E-state index contributed by atoms with van der Waals surface area (Å²) in [6.45, 7) is 6.14. The summed E-state index contributed by atoms with van der Waals surface area (Å²) in [5.74, 6) is 0. The third-order valence-electron chi connectivity index (χ3n) is 6.67. The van der Waals surface area contributed by atoms with Crippen molar-refractivity contribution in [2.75, 3.05) is 5.32 Å². The zero-order valence-electron chi connectivity index (χ0n) is 22.3. The topological polar surface area (TPSA) is 12.0 Å². The van der Waals surface area contributed by atoms with Crippen molar-refractivity contribution in [1.82, 2.24) is 0 Å². The molecule has 0 spiro atoms. The standard InChI is InChI=1S/C37H33NS/c1-3-13-29(14-4-2)31-22-25-36-35(27-31)34-19-12-18-33(37(34)39-36)30-20-23-32(24-21-30)38-26-11-6-5-8-15-28-16-9-7-10-17-28/h3,5-13,15-27,38H,1,4,14H2,2H3/b6-5-,15-8-,26-11+,29-13+. The highest BCUT2D eigenvalue weighted by molar-refractivity contribution is 7.26. The van der Waals surface area contributed by atoms with Crippen molar-refractivity contribution in [3.05, 3.63) is 151 Å². The minimum atomic E-state index is 1.06. The van der Waals surface area contributed by atoms with Gasteiger partial charge in [0.1, 0.15) is 0 Å². The molecular weight excluding hydrogens is 490 g/mol. The van der Waals surface area contributed by atoms with Gasteiger partial charge in [-0.2, -0.15) is 0 Å². The van der Waals surface area contributed by atoms with Crippen molar-refractivity contribution in [3.63, 3.8) is 0 Å². The summed E-state index contributed by atoms with van der Waals surface area (Å²) >= 11 is 1.88. The van der Waals surface area contributed by atoms with E-state index in [1.807, 2.05) is 66.1 Å². The Morgan fingerprint density at radius 3 is 2.44 bits per heavy atom. The molecule has 0 atom stereocenters. The summed E-state index contributed by atoms with van der Waals surface area (Å²) in [6, 6.07) is 32.5. The second-order valence-corrected chi connectivity index (χ2v) is 10.5. The fourth-order valence-corrected chi connectivity index (χ4v) is 5.98. The van der Waals surface area contributed by atoms with Gasteiger partial charge in [0.05, 0.1) is 0 Å². The highest BCUT2D eigenvalue weighted by Crippen LogP contribution is 2.41. The second-order valence-electron chi connectivity index (χ2n) is 9.41. The van der Waals surface area contributed by atoms with E-state index in [2.05, 4.69) is 104 Å². The van der Waals surface area contributed by atoms with Crippen LogP contribution < -0.4 is 5.32 Å². The van der Waals surface area contributed by atoms with Crippen LogP contribution in [0, 0.1) is 0 Å². The first-order valence-corrected chi connectivity index (χ1v) is 14.3. The fourth-order valence-electron chi connectivity index (χ4n) is 4.77. The monoisotopic (exact) mass is 523 g/mol. The summed E-state index contributed by atoms with van der Waals surface area (Å²) in [4.78, 5) is 0. The molecule has 0 bridgehead atoms. The van der Waals surface area contributed by atoms with E-state index in [-0.39, 0.29) is 0 Å². The van der Waals surface area contributed by atoms with Crippen LogP contribution in [0.3, 0.4) is 0 Å². The van der Waals surface area contributed by atoms with Gasteiger partial charge in [-0.25, -0.2) is 0 Å². The van der Waals surface area contributed by atoms with Crippen molar-refractivity contribution in [2.45, 2.75) is 19.8 Å². The average molecular weight is 524 g/mol. The normalized spacial score (nSPS) is 12.4. The van der Waals surface area contributed by atoms with Gasteiger partial charge >= 0.3 is 0 Å². The predicted molar refractivity (Wildman–Crippen MR) is 175 cm³/mol. The van der Waals surface area contributed by atoms with E-state index in [0.29, 0.717) is 0 Å². The lowest BCUT2D eigenvalue weighted by atomic mass is 9.98. The lowest BCUT2D eigenvalue weighted by Gasteiger charge is -2.07. The molecule has 39 heavy (non-hydrogen) atoms. The summed E-state index contributed by atoms with van der Waals surface area (Å²) < 4.78 is 2.66. The summed E-state index contributed by atoms with van der Waals surface area (Å²) in [5.41, 5.74) is 7.41. The number of nitrogens with one attached hydrogen (secondary N) is 1. The van der Waals surface area contributed by atoms with Gasteiger partial charge in [0.2, 0.25) is 0 Å². The number of benzene rings is 4. The smallest absolute Gasteiger partial charge is 0.0433 e. The maximum atomic E-state index is 3.91. The van der Waals surface area contributed by atoms with Crippen LogP contribution in [0.15, 0.2) is 140 Å². The minimum Gasteiger partial charge on any atom is -0.362 e. The molecule has 1 aromatic heterocycles. The molecule has 1 heterocycles. The summed E-state index contributed by atoms with van der Waals surface area (Å²) in [5, 5.41) is 6.01. The lowest BCUT2D eigenvalue weighted by Crippen LogP contribution is -1.86. The predicted octanol–water partition coefficient (Wildman–Crippen LogP) is 11.3. The van der Waals surface area contributed by atoms with Crippen LogP contribution in [0.1, 0.15) is 30.9 Å². The van der Waals surface area contributed by atoms with Crippen molar-refractivity contribution in [2.24, 2.45) is 0 Å². The number of allylic oxidation sites excluding steroid dienone is 7. The molecule has 0 aliphatic heterocycles. The molecular formula is C37H33NS. The number of thiophene rings is 1. The third-order valence-corrected chi connectivity index (χ3v) is 7.89. The molecule has 0 saturated heterocycles. The second kappa shape index (κ2) is 12.9. The highest BCUT2D eigenvalue weighted by Gasteiger charge is 2.12. The zero-order chi connectivity index (χ0) is 26.9. The van der Waals surface area contributed by atoms with Crippen molar-refractivity contribution in [3.8, 4) is 11.1 Å². The molecule has 1 N–H and O–H groups in total. The average Bonchev–Trinajstić information content (AvgIpc) is 3.36. The van der Waals surface area contributed by atoms with Crippen LogP contribution in [0.5, 0.6) is 0 Å². The lowest BCUT2D eigenvalue weighted by molar-refractivity contribution is 0.974. The molecule has 0 aliphatic rings. The Hall–Kier alpha value is -4.40. The van der Waals surface area contributed by atoms with Crippen molar-refractivity contribution >= 4 is 48.8 Å². The van der Waals surface area contributed by atoms with Crippen molar-refractivity contribution in [1.29, 1.82) is 0 Å². The molecule has 4 aromatic carbocycles. The van der Waals surface area contributed by atoms with E-state index in [0.717, 1.165) is 18.5 Å². The molecule has 5 rings (SSSR count). The third kappa shape index (κ3) is 6.37. The van der Waals surface area contributed by atoms with Gasteiger partial charge in [0.15, 0.2) is 0 Å². The van der Waals surface area contributed by atoms with E-state index >= 15 is 0 Å². The van der Waals surface area contributed by atoms with Gasteiger partial charge in [0, 0.05) is 32.1 Å². The Bertz CT molecular complexity index is 1680. The Morgan fingerprint density at radius 2 is 1.64 bits per heavy atom. The van der Waals surface area contributed by atoms with E-state index in [4.69, 9.17) is 0 Å². The first-order chi connectivity index (χ1) is 19.3. The SMILES string of the molecule is C=C/C=C(\CCC)c1ccc2sc3c(-c4ccc(N/C=C/C=C\C=C/c5ccccc5)cc4)cccc3c2c1. The van der Waals surface area contributed by atoms with Crippen LogP contribution in [-0.2, 0) is 0 Å². The van der Waals surface area contributed by atoms with Crippen molar-refractivity contribution < 1.29 is 0 Å². The molecule has 5 aromatic rings. The van der Waals surface area contributed by atoms with Gasteiger partial charge in [-0.15, -0.1) is 11.3 Å². The minimum absolute atomic E-state index is 1.06. The van der Waals surface area contributed by atoms with Crippen LogP contribution in [0.2, 0.25) is 0 Å². The number of anilines is 1. The Kier molecular flexibility index (Phi) is 8.68. The number of rotatable bonds is 10. The zero-order valence-corrected chi connectivity index (χ0v) is 23.1. The molecule has 0 unspecified atom stereocenters. The van der Waals surface area contributed by atoms with Crippen LogP contribution in [0.4, 0.5) is 5.69 Å². The molecule has 1 nitrogen and oxygen atoms in total. The Labute approximate surface area is 235 Å². The van der Waals surface area contributed by atoms with E-state index < -0.39 is 0 Å². The van der Waals surface area contributed by atoms with Gasteiger partial charge in [-0.1, -0.05) is 123 Å². The Morgan fingerprint density at radius 1 is 0.821 bits per heavy atom. The van der Waals surface area contributed by atoms with Gasteiger partial charge in [-0.3, -0.25) is 0 Å². The molecule has 0 fully saturated rings. The first kappa shape index (κ1) is 26.2. The molecule has 0 radical (unpaired) electrons. The van der Waals surface area contributed by atoms with E-state index in [9.17, 15) is 0 Å². The largest absolute Gasteiger partial charge is 0.362 e. The molecule has 0 saturated carbocycles. The Balaban J connectivity index is 1.31. The van der Waals surface area contributed by atoms with Gasteiger partial charge in [0.25, 0.3) is 0 Å². The first-order valence-electron chi connectivity index (χ1n) is 13.5. The molecule has 192 valence electrons. The number of fused-ring (bicyclic) bond motifs is 3. The quantitative estimate of drug-likeness (QED) is 0.179. The van der Waals surface area contributed by atoms with Gasteiger partial charge < -0.3 is 5.32 Å². The summed E-state index contributed by atoms with van der Waals surface area (Å²) in [6.07, 6.45) is 18.4. The number of hydrogen-bond acceptors (Lipinski definition) is 2. The molecule has 0 aliphatic carbocycles. The van der Waals surface area contributed by atoms with Crippen LogP contribution >= 0.6 is 11.3 Å². The van der Waals surface area contributed by atoms with Crippen LogP contribution in [0.25, 0.3) is 42.9 Å². The van der Waals surface area contributed by atoms with Crippen LogP contribution in [-0.4, -0.2) is 0 Å². The maximum Gasteiger partial charge on any atom is 0.0433 e. The molecule has 2 heteroatoms. The number of hydrogen-bond donors (Lipinski definition) is 1. The summed E-state index contributed by atoms with van der Waals surface area (Å²) in [7, 11) is 0. The van der Waals surface area contributed by atoms with Gasteiger partial charge in [-0.05, 0) is 64.6 Å².